The van der Waals surface area contributed by atoms with Crippen molar-refractivity contribution in [3.63, 3.8) is 0 Å². The fourth-order valence-corrected chi connectivity index (χ4v) is 3.52. The third kappa shape index (κ3) is 8.05. The van der Waals surface area contributed by atoms with E-state index in [1.165, 1.54) is 0 Å². The summed E-state index contributed by atoms with van der Waals surface area (Å²) in [5.41, 5.74) is 1.07. The molecule has 1 aliphatic heterocycles. The topological polar surface area (TPSA) is 100.0 Å². The summed E-state index contributed by atoms with van der Waals surface area (Å²) in [6.45, 7) is 0.782. The zero-order chi connectivity index (χ0) is 19.5. The summed E-state index contributed by atoms with van der Waals surface area (Å²) < 4.78 is 5.03. The van der Waals surface area contributed by atoms with Crippen LogP contribution in [-0.4, -0.2) is 63.9 Å². The Kier molecular flexibility index (Phi) is 9.21. The summed E-state index contributed by atoms with van der Waals surface area (Å²) in [5, 5.41) is 18.9. The van der Waals surface area contributed by atoms with E-state index in [1.54, 1.807) is 12.4 Å². The maximum absolute atomic E-state index is 12.3. The van der Waals surface area contributed by atoms with E-state index >= 15 is 0 Å². The number of rotatable bonds is 12. The van der Waals surface area contributed by atoms with Crippen LogP contribution in [0, 0.1) is 0 Å². The Bertz CT molecular complexity index is 581. The van der Waals surface area contributed by atoms with Crippen LogP contribution in [0.4, 0.5) is 0 Å². The van der Waals surface area contributed by atoms with E-state index in [1.807, 2.05) is 17.0 Å². The summed E-state index contributed by atoms with van der Waals surface area (Å²) in [5.74, 6) is -0.784. The van der Waals surface area contributed by atoms with Gasteiger partial charge in [0.05, 0.1) is 6.10 Å². The third-order valence-electron chi connectivity index (χ3n) is 4.91. The maximum atomic E-state index is 12.3. The van der Waals surface area contributed by atoms with E-state index in [-0.39, 0.29) is 18.6 Å². The molecule has 0 spiro atoms. The largest absolute Gasteiger partial charge is 0.480 e. The Morgan fingerprint density at radius 1 is 1.33 bits per heavy atom. The summed E-state index contributed by atoms with van der Waals surface area (Å²) in [6, 6.07) is 4.00. The quantitative estimate of drug-likeness (QED) is 0.540. The van der Waals surface area contributed by atoms with Crippen LogP contribution in [0.1, 0.15) is 50.5 Å². The summed E-state index contributed by atoms with van der Waals surface area (Å²) in [7, 11) is 0. The first-order chi connectivity index (χ1) is 13.1. The Morgan fingerprint density at radius 2 is 2.11 bits per heavy atom. The molecular weight excluding hydrogens is 348 g/mol. The lowest BCUT2D eigenvalue weighted by atomic mass is 9.94. The van der Waals surface area contributed by atoms with Gasteiger partial charge in [0.25, 0.3) is 0 Å². The monoisotopic (exact) mass is 378 g/mol. The molecule has 2 heterocycles. The van der Waals surface area contributed by atoms with Crippen LogP contribution in [-0.2, 0) is 20.7 Å². The number of ether oxygens (including phenoxy) is 1. The summed E-state index contributed by atoms with van der Waals surface area (Å²) in [4.78, 5) is 28.6. The van der Waals surface area contributed by atoms with E-state index in [2.05, 4.69) is 4.98 Å². The van der Waals surface area contributed by atoms with E-state index in [0.717, 1.165) is 37.7 Å². The number of carbonyl (C=O) groups excluding carboxylic acids is 1. The molecule has 2 rings (SSSR count). The highest BCUT2D eigenvalue weighted by molar-refractivity contribution is 5.77. The molecule has 2 atom stereocenters. The van der Waals surface area contributed by atoms with Gasteiger partial charge in [0, 0.05) is 38.0 Å². The van der Waals surface area contributed by atoms with E-state index in [0.29, 0.717) is 32.4 Å². The smallest absolute Gasteiger partial charge is 0.329 e. The number of aromatic nitrogens is 1. The second-order valence-corrected chi connectivity index (χ2v) is 7.08. The molecule has 1 fully saturated rings. The summed E-state index contributed by atoms with van der Waals surface area (Å²) in [6.07, 6.45) is 9.09. The molecule has 0 aliphatic carbocycles. The standard InChI is InChI=1S/C20H30N2O5/c23-18(14-16-8-10-21-11-9-16)7-6-17-4-3-5-19(24)22(17)12-1-2-13-27-15-20(25)26/h8-11,17-18,23H,1-7,12-15H2,(H,25,26)/t17-,18?/m1/s1. The fraction of sp³-hybridized carbons (Fsp3) is 0.650. The van der Waals surface area contributed by atoms with Crippen molar-refractivity contribution in [1.82, 2.24) is 9.88 Å². The number of aliphatic carboxylic acids is 1. The molecule has 1 aliphatic rings. The van der Waals surface area contributed by atoms with Crippen LogP contribution >= 0.6 is 0 Å². The predicted octanol–water partition coefficient (Wildman–Crippen LogP) is 2.03. The average Bonchev–Trinajstić information content (AvgIpc) is 2.65. The number of amides is 1. The molecule has 0 aromatic carbocycles. The van der Waals surface area contributed by atoms with E-state index < -0.39 is 12.1 Å². The number of carboxylic acids is 1. The minimum Gasteiger partial charge on any atom is -0.480 e. The lowest BCUT2D eigenvalue weighted by Crippen LogP contribution is -2.44. The zero-order valence-corrected chi connectivity index (χ0v) is 15.8. The number of piperidine rings is 1. The highest BCUT2D eigenvalue weighted by atomic mass is 16.5. The number of likely N-dealkylation sites (tertiary alicyclic amines) is 1. The minimum absolute atomic E-state index is 0.179. The lowest BCUT2D eigenvalue weighted by Gasteiger charge is -2.36. The van der Waals surface area contributed by atoms with Crippen LogP contribution in [0.25, 0.3) is 0 Å². The number of unbranched alkanes of at least 4 members (excludes halogenated alkanes) is 1. The van der Waals surface area contributed by atoms with Gasteiger partial charge in [-0.1, -0.05) is 0 Å². The molecule has 7 heteroatoms. The van der Waals surface area contributed by atoms with Crippen molar-refractivity contribution in [2.75, 3.05) is 19.8 Å². The van der Waals surface area contributed by atoms with Crippen molar-refractivity contribution in [3.05, 3.63) is 30.1 Å². The SMILES string of the molecule is O=C(O)COCCCCN1C(=O)CCC[C@@H]1CCC(O)Cc1ccncc1. The molecule has 150 valence electrons. The van der Waals surface area contributed by atoms with Gasteiger partial charge in [-0.05, 0) is 62.6 Å². The second kappa shape index (κ2) is 11.7. The van der Waals surface area contributed by atoms with Crippen LogP contribution < -0.4 is 0 Å². The zero-order valence-electron chi connectivity index (χ0n) is 15.8. The Morgan fingerprint density at radius 3 is 2.85 bits per heavy atom. The van der Waals surface area contributed by atoms with Crippen molar-refractivity contribution in [2.24, 2.45) is 0 Å². The average molecular weight is 378 g/mol. The van der Waals surface area contributed by atoms with Crippen molar-refractivity contribution in [1.29, 1.82) is 0 Å². The molecule has 1 amide bonds. The number of carbonyl (C=O) groups is 2. The molecule has 2 N–H and O–H groups in total. The third-order valence-corrected chi connectivity index (χ3v) is 4.91. The number of carboxylic acid groups (broad SMARTS) is 1. The molecule has 1 unspecified atom stereocenters. The van der Waals surface area contributed by atoms with E-state index in [4.69, 9.17) is 9.84 Å². The fourth-order valence-electron chi connectivity index (χ4n) is 3.52. The van der Waals surface area contributed by atoms with Gasteiger partial charge in [0.15, 0.2) is 0 Å². The number of pyridine rings is 1. The second-order valence-electron chi connectivity index (χ2n) is 7.08. The first-order valence-electron chi connectivity index (χ1n) is 9.72. The van der Waals surface area contributed by atoms with Gasteiger partial charge in [-0.15, -0.1) is 0 Å². The molecule has 1 aromatic rings. The van der Waals surface area contributed by atoms with Crippen LogP contribution in [0.15, 0.2) is 24.5 Å². The lowest BCUT2D eigenvalue weighted by molar-refractivity contribution is -0.142. The normalized spacial score (nSPS) is 18.5. The molecule has 1 aromatic heterocycles. The van der Waals surface area contributed by atoms with Crippen molar-refractivity contribution < 1.29 is 24.5 Å². The molecule has 27 heavy (non-hydrogen) atoms. The number of aliphatic hydroxyl groups excluding tert-OH is 1. The number of hydrogen-bond acceptors (Lipinski definition) is 5. The molecule has 1 saturated heterocycles. The highest BCUT2D eigenvalue weighted by Gasteiger charge is 2.27. The predicted molar refractivity (Wildman–Crippen MR) is 100 cm³/mol. The van der Waals surface area contributed by atoms with Crippen molar-refractivity contribution in [3.8, 4) is 0 Å². The van der Waals surface area contributed by atoms with Gasteiger partial charge < -0.3 is 19.8 Å². The van der Waals surface area contributed by atoms with Gasteiger partial charge in [-0.2, -0.15) is 0 Å². The van der Waals surface area contributed by atoms with Gasteiger partial charge in [0.2, 0.25) is 5.91 Å². The van der Waals surface area contributed by atoms with E-state index in [9.17, 15) is 14.7 Å². The summed E-state index contributed by atoms with van der Waals surface area (Å²) >= 11 is 0. The van der Waals surface area contributed by atoms with Crippen LogP contribution in [0.3, 0.4) is 0 Å². The molecule has 0 saturated carbocycles. The molecule has 7 nitrogen and oxygen atoms in total. The van der Waals surface area contributed by atoms with Gasteiger partial charge in [-0.3, -0.25) is 9.78 Å². The Hall–Kier alpha value is -1.99. The minimum atomic E-state index is -0.966. The molecule has 0 radical (unpaired) electrons. The Balaban J connectivity index is 1.72. The van der Waals surface area contributed by atoms with Gasteiger partial charge >= 0.3 is 5.97 Å². The van der Waals surface area contributed by atoms with Crippen LogP contribution in [0.5, 0.6) is 0 Å². The van der Waals surface area contributed by atoms with Gasteiger partial charge in [-0.25, -0.2) is 4.79 Å². The van der Waals surface area contributed by atoms with Crippen molar-refractivity contribution in [2.45, 2.75) is 63.5 Å². The van der Waals surface area contributed by atoms with Gasteiger partial charge in [0.1, 0.15) is 6.61 Å². The maximum Gasteiger partial charge on any atom is 0.329 e. The van der Waals surface area contributed by atoms with Crippen molar-refractivity contribution >= 4 is 11.9 Å². The molecular formula is C20H30N2O5. The number of aliphatic hydroxyl groups is 1. The Labute approximate surface area is 160 Å². The highest BCUT2D eigenvalue weighted by Crippen LogP contribution is 2.23. The molecule has 0 bridgehead atoms. The first kappa shape index (κ1) is 21.3. The van der Waals surface area contributed by atoms with Crippen LogP contribution in [0.2, 0.25) is 0 Å². The number of hydrogen-bond donors (Lipinski definition) is 2. The first-order valence-corrected chi connectivity index (χ1v) is 9.72. The number of nitrogens with zero attached hydrogens (tertiary/aromatic N) is 2.